The number of imidazole rings is 1. The third-order valence-electron chi connectivity index (χ3n) is 5.47. The second-order valence-electron chi connectivity index (χ2n) is 7.78. The normalized spacial score (nSPS) is 14.0. The van der Waals surface area contributed by atoms with Crippen molar-refractivity contribution in [3.63, 3.8) is 0 Å². The molecule has 2 heterocycles. The summed E-state index contributed by atoms with van der Waals surface area (Å²) in [5.74, 6) is 1.40. The van der Waals surface area contributed by atoms with Crippen molar-refractivity contribution in [2.24, 2.45) is 0 Å². The molecule has 4 rings (SSSR count). The van der Waals surface area contributed by atoms with Gasteiger partial charge in [-0.1, -0.05) is 23.9 Å². The van der Waals surface area contributed by atoms with E-state index in [0.717, 1.165) is 48.5 Å². The van der Waals surface area contributed by atoms with E-state index < -0.39 is 0 Å². The van der Waals surface area contributed by atoms with Gasteiger partial charge in [0, 0.05) is 56.0 Å². The highest BCUT2D eigenvalue weighted by molar-refractivity contribution is 7.99. The summed E-state index contributed by atoms with van der Waals surface area (Å²) in [5.41, 5.74) is 4.64. The number of amides is 1. The summed E-state index contributed by atoms with van der Waals surface area (Å²) in [6, 6.07) is 14.5. The Morgan fingerprint density at radius 3 is 2.48 bits per heavy atom. The molecule has 1 aromatic heterocycles. The van der Waals surface area contributed by atoms with E-state index in [1.165, 1.54) is 22.9 Å². The maximum atomic E-state index is 12.8. The lowest BCUT2D eigenvalue weighted by Gasteiger charge is -2.36. The Labute approximate surface area is 187 Å². The Bertz CT molecular complexity index is 1040. The summed E-state index contributed by atoms with van der Waals surface area (Å²) in [4.78, 5) is 21.5. The van der Waals surface area contributed by atoms with Crippen LogP contribution in [0.3, 0.4) is 0 Å². The zero-order valence-electron chi connectivity index (χ0n) is 18.2. The number of hydrogen-bond donors (Lipinski definition) is 0. The van der Waals surface area contributed by atoms with Crippen LogP contribution in [-0.4, -0.2) is 59.4 Å². The highest BCUT2D eigenvalue weighted by Gasteiger charge is 2.22. The number of nitrogens with zero attached hydrogens (tertiary/aromatic N) is 4. The van der Waals surface area contributed by atoms with E-state index >= 15 is 0 Å². The lowest BCUT2D eigenvalue weighted by molar-refractivity contribution is -0.128. The van der Waals surface area contributed by atoms with Crippen LogP contribution in [0.5, 0.6) is 5.75 Å². The van der Waals surface area contributed by atoms with E-state index in [4.69, 9.17) is 4.74 Å². The standard InChI is InChI=1S/C24H28N4O2S/c1-18-13-19(2)15-21(14-18)28-8-7-25-24(28)31-17-23(29)27-11-9-26(10-12-27)20-5-4-6-22(16-20)30-3/h4-8,13-16H,9-12,17H2,1-3H3. The number of aromatic nitrogens is 2. The fraction of sp³-hybridized carbons (Fsp3) is 0.333. The van der Waals surface area contributed by atoms with Gasteiger partial charge in [-0.2, -0.15) is 0 Å². The van der Waals surface area contributed by atoms with Gasteiger partial charge in [-0.25, -0.2) is 4.98 Å². The van der Waals surface area contributed by atoms with Gasteiger partial charge < -0.3 is 14.5 Å². The van der Waals surface area contributed by atoms with E-state index in [1.54, 1.807) is 13.3 Å². The molecule has 1 saturated heterocycles. The van der Waals surface area contributed by atoms with Crippen molar-refractivity contribution < 1.29 is 9.53 Å². The van der Waals surface area contributed by atoms with Crippen LogP contribution in [0.1, 0.15) is 11.1 Å². The smallest absolute Gasteiger partial charge is 0.233 e. The van der Waals surface area contributed by atoms with E-state index in [9.17, 15) is 4.79 Å². The van der Waals surface area contributed by atoms with Gasteiger partial charge in [0.2, 0.25) is 5.91 Å². The van der Waals surface area contributed by atoms with E-state index in [1.807, 2.05) is 29.3 Å². The molecule has 1 fully saturated rings. The van der Waals surface area contributed by atoms with E-state index in [0.29, 0.717) is 5.75 Å². The first-order chi connectivity index (χ1) is 15.0. The third kappa shape index (κ3) is 5.05. The summed E-state index contributed by atoms with van der Waals surface area (Å²) in [6.45, 7) is 7.27. The molecule has 1 aliphatic rings. The first-order valence-corrected chi connectivity index (χ1v) is 11.4. The monoisotopic (exact) mass is 436 g/mol. The minimum Gasteiger partial charge on any atom is -0.497 e. The van der Waals surface area contributed by atoms with Crippen molar-refractivity contribution in [3.05, 3.63) is 66.0 Å². The molecule has 7 heteroatoms. The molecule has 0 saturated carbocycles. The second kappa shape index (κ2) is 9.47. The number of thioether (sulfide) groups is 1. The van der Waals surface area contributed by atoms with Crippen LogP contribution in [-0.2, 0) is 4.79 Å². The summed E-state index contributed by atoms with van der Waals surface area (Å²) in [7, 11) is 1.68. The summed E-state index contributed by atoms with van der Waals surface area (Å²) in [5, 5.41) is 0.841. The van der Waals surface area contributed by atoms with Crippen molar-refractivity contribution in [2.45, 2.75) is 19.0 Å². The molecule has 6 nitrogen and oxygen atoms in total. The first kappa shape index (κ1) is 21.3. The minimum atomic E-state index is 0.158. The van der Waals surface area contributed by atoms with Crippen LogP contribution in [0, 0.1) is 13.8 Å². The molecule has 0 spiro atoms. The predicted molar refractivity (Wildman–Crippen MR) is 126 cm³/mol. The number of methoxy groups -OCH3 is 1. The molecule has 0 aliphatic carbocycles. The maximum absolute atomic E-state index is 12.8. The molecular formula is C24H28N4O2S. The average molecular weight is 437 g/mol. The number of anilines is 1. The zero-order valence-corrected chi connectivity index (χ0v) is 19.1. The van der Waals surface area contributed by atoms with Gasteiger partial charge in [-0.05, 0) is 49.2 Å². The van der Waals surface area contributed by atoms with Crippen LogP contribution in [0.15, 0.2) is 60.0 Å². The zero-order chi connectivity index (χ0) is 21.8. The molecule has 0 N–H and O–H groups in total. The fourth-order valence-corrected chi connectivity index (χ4v) is 4.80. The van der Waals surface area contributed by atoms with Crippen molar-refractivity contribution in [1.29, 1.82) is 0 Å². The lowest BCUT2D eigenvalue weighted by atomic mass is 10.1. The van der Waals surface area contributed by atoms with Gasteiger partial charge in [-0.15, -0.1) is 0 Å². The van der Waals surface area contributed by atoms with E-state index in [-0.39, 0.29) is 5.91 Å². The van der Waals surface area contributed by atoms with Crippen LogP contribution >= 0.6 is 11.8 Å². The molecule has 0 atom stereocenters. The lowest BCUT2D eigenvalue weighted by Crippen LogP contribution is -2.49. The largest absolute Gasteiger partial charge is 0.497 e. The number of aryl methyl sites for hydroxylation is 2. The first-order valence-electron chi connectivity index (χ1n) is 10.4. The maximum Gasteiger partial charge on any atom is 0.233 e. The summed E-state index contributed by atoms with van der Waals surface area (Å²) >= 11 is 1.49. The molecule has 1 aliphatic heterocycles. The topological polar surface area (TPSA) is 50.6 Å². The summed E-state index contributed by atoms with van der Waals surface area (Å²) in [6.07, 6.45) is 3.74. The Balaban J connectivity index is 1.34. The number of rotatable bonds is 6. The molecule has 1 amide bonds. The molecule has 3 aromatic rings. The quantitative estimate of drug-likeness (QED) is 0.548. The number of hydrogen-bond acceptors (Lipinski definition) is 5. The second-order valence-corrected chi connectivity index (χ2v) is 8.73. The van der Waals surface area contributed by atoms with E-state index in [2.05, 4.69) is 52.6 Å². The highest BCUT2D eigenvalue weighted by atomic mass is 32.2. The van der Waals surface area contributed by atoms with Crippen LogP contribution < -0.4 is 9.64 Å². The van der Waals surface area contributed by atoms with Crippen LogP contribution in [0.4, 0.5) is 5.69 Å². The number of carbonyl (C=O) groups is 1. The van der Waals surface area contributed by atoms with Gasteiger partial charge >= 0.3 is 0 Å². The van der Waals surface area contributed by atoms with Gasteiger partial charge in [0.05, 0.1) is 12.9 Å². The van der Waals surface area contributed by atoms with Crippen molar-refractivity contribution in [1.82, 2.24) is 14.5 Å². The van der Waals surface area contributed by atoms with Crippen molar-refractivity contribution in [2.75, 3.05) is 43.9 Å². The van der Waals surface area contributed by atoms with Gasteiger partial charge in [-0.3, -0.25) is 9.36 Å². The van der Waals surface area contributed by atoms with Gasteiger partial charge in [0.25, 0.3) is 0 Å². The number of benzene rings is 2. The predicted octanol–water partition coefficient (Wildman–Crippen LogP) is 3.94. The Morgan fingerprint density at radius 1 is 1.03 bits per heavy atom. The number of piperazine rings is 1. The molecule has 31 heavy (non-hydrogen) atoms. The number of ether oxygens (including phenoxy) is 1. The SMILES string of the molecule is COc1cccc(N2CCN(C(=O)CSc3nccn3-c3cc(C)cc(C)c3)CC2)c1. The molecule has 0 bridgehead atoms. The van der Waals surface area contributed by atoms with Crippen molar-refractivity contribution >= 4 is 23.4 Å². The average Bonchev–Trinajstić information content (AvgIpc) is 3.26. The fourth-order valence-electron chi connectivity index (χ4n) is 3.92. The Hall–Kier alpha value is -2.93. The van der Waals surface area contributed by atoms with Crippen LogP contribution in [0.2, 0.25) is 0 Å². The molecule has 162 valence electrons. The van der Waals surface area contributed by atoms with Crippen LogP contribution in [0.25, 0.3) is 5.69 Å². The molecule has 2 aromatic carbocycles. The molecule has 0 radical (unpaired) electrons. The van der Waals surface area contributed by atoms with Gasteiger partial charge in [0.1, 0.15) is 5.75 Å². The Morgan fingerprint density at radius 2 is 1.77 bits per heavy atom. The molecular weight excluding hydrogens is 408 g/mol. The Kier molecular flexibility index (Phi) is 6.51. The van der Waals surface area contributed by atoms with Crippen molar-refractivity contribution in [3.8, 4) is 11.4 Å². The summed E-state index contributed by atoms with van der Waals surface area (Å²) < 4.78 is 7.38. The molecule has 0 unspecified atom stereocenters. The third-order valence-corrected chi connectivity index (χ3v) is 6.42. The van der Waals surface area contributed by atoms with Gasteiger partial charge in [0.15, 0.2) is 5.16 Å². The number of carbonyl (C=O) groups excluding carboxylic acids is 1. The minimum absolute atomic E-state index is 0.158. The highest BCUT2D eigenvalue weighted by Crippen LogP contribution is 2.24.